The molecule has 27 heavy (non-hydrogen) atoms. The van der Waals surface area contributed by atoms with Crippen LogP contribution in [0.1, 0.15) is 29.3 Å². The van der Waals surface area contributed by atoms with E-state index >= 15 is 0 Å². The van der Waals surface area contributed by atoms with Gasteiger partial charge in [0.25, 0.3) is 0 Å². The highest BCUT2D eigenvalue weighted by Crippen LogP contribution is 2.26. The van der Waals surface area contributed by atoms with E-state index < -0.39 is 0 Å². The number of nitrogens with zero attached hydrogens (tertiary/aromatic N) is 1. The lowest BCUT2D eigenvalue weighted by Crippen LogP contribution is -2.34. The van der Waals surface area contributed by atoms with Gasteiger partial charge in [0, 0.05) is 35.8 Å². The van der Waals surface area contributed by atoms with Gasteiger partial charge in [0.15, 0.2) is 5.78 Å². The Bertz CT molecular complexity index is 864. The molecule has 1 aliphatic heterocycles. The van der Waals surface area contributed by atoms with Crippen molar-refractivity contribution in [3.8, 4) is 0 Å². The number of ketones is 1. The number of anilines is 1. The van der Waals surface area contributed by atoms with E-state index in [0.29, 0.717) is 35.8 Å². The van der Waals surface area contributed by atoms with E-state index in [1.165, 1.54) is 6.92 Å². The second-order valence-corrected chi connectivity index (χ2v) is 7.12. The molecule has 1 heterocycles. The molecule has 1 fully saturated rings. The predicted molar refractivity (Wildman–Crippen MR) is 105 cm³/mol. The van der Waals surface area contributed by atoms with E-state index in [0.717, 1.165) is 5.56 Å². The van der Waals surface area contributed by atoms with Crippen LogP contribution in [0.3, 0.4) is 0 Å². The molecule has 6 heteroatoms. The predicted octanol–water partition coefficient (Wildman–Crippen LogP) is 3.25. The Labute approximate surface area is 163 Å². The molecule has 2 aromatic carbocycles. The van der Waals surface area contributed by atoms with Crippen LogP contribution in [0.15, 0.2) is 48.5 Å². The Morgan fingerprint density at radius 1 is 1.19 bits per heavy atom. The minimum absolute atomic E-state index is 0.0556. The third-order valence-corrected chi connectivity index (χ3v) is 4.94. The van der Waals surface area contributed by atoms with Crippen molar-refractivity contribution in [2.24, 2.45) is 5.92 Å². The van der Waals surface area contributed by atoms with Crippen molar-refractivity contribution >= 4 is 34.9 Å². The monoisotopic (exact) mass is 384 g/mol. The van der Waals surface area contributed by atoms with E-state index in [4.69, 9.17) is 11.6 Å². The van der Waals surface area contributed by atoms with Gasteiger partial charge in [-0.2, -0.15) is 0 Å². The normalized spacial score (nSPS) is 16.4. The molecule has 0 bridgehead atoms. The van der Waals surface area contributed by atoms with Gasteiger partial charge in [-0.25, -0.2) is 0 Å². The summed E-state index contributed by atoms with van der Waals surface area (Å²) in [5.74, 6) is -0.667. The zero-order valence-corrected chi connectivity index (χ0v) is 15.8. The van der Waals surface area contributed by atoms with Gasteiger partial charge >= 0.3 is 0 Å². The standard InChI is InChI=1S/C21H21ClN2O3/c1-14(25)16-3-2-4-19(11-16)24-13-17(12-20(24)26)21(27)23-10-9-15-5-7-18(22)8-6-15/h2-8,11,17H,9-10,12-13H2,1H3,(H,23,27). The molecule has 2 aromatic rings. The molecule has 1 saturated heterocycles. The second-order valence-electron chi connectivity index (χ2n) is 6.68. The van der Waals surface area contributed by atoms with Gasteiger partial charge in [-0.15, -0.1) is 0 Å². The maximum atomic E-state index is 12.4. The summed E-state index contributed by atoms with van der Waals surface area (Å²) in [5, 5.41) is 3.59. The lowest BCUT2D eigenvalue weighted by atomic mass is 10.1. The fourth-order valence-corrected chi connectivity index (χ4v) is 3.28. The van der Waals surface area contributed by atoms with Crippen molar-refractivity contribution in [3.63, 3.8) is 0 Å². The molecule has 0 aliphatic carbocycles. The van der Waals surface area contributed by atoms with Crippen LogP contribution < -0.4 is 10.2 Å². The quantitative estimate of drug-likeness (QED) is 0.777. The summed E-state index contributed by atoms with van der Waals surface area (Å²) in [5.41, 5.74) is 2.30. The summed E-state index contributed by atoms with van der Waals surface area (Å²) in [7, 11) is 0. The fraction of sp³-hybridized carbons (Fsp3) is 0.286. The van der Waals surface area contributed by atoms with Crippen LogP contribution in [0.4, 0.5) is 5.69 Å². The zero-order chi connectivity index (χ0) is 19.4. The van der Waals surface area contributed by atoms with Crippen molar-refractivity contribution in [1.29, 1.82) is 0 Å². The molecule has 0 aromatic heterocycles. The highest BCUT2D eigenvalue weighted by Gasteiger charge is 2.35. The molecule has 140 valence electrons. The van der Waals surface area contributed by atoms with Crippen molar-refractivity contribution < 1.29 is 14.4 Å². The molecule has 0 spiro atoms. The van der Waals surface area contributed by atoms with Crippen LogP contribution in [-0.4, -0.2) is 30.7 Å². The first-order chi connectivity index (χ1) is 12.9. The molecular weight excluding hydrogens is 364 g/mol. The number of nitrogens with one attached hydrogen (secondary N) is 1. The molecule has 1 aliphatic rings. The van der Waals surface area contributed by atoms with Crippen molar-refractivity contribution in [3.05, 3.63) is 64.7 Å². The summed E-state index contributed by atoms with van der Waals surface area (Å²) in [4.78, 5) is 37.9. The first-order valence-electron chi connectivity index (χ1n) is 8.87. The number of carbonyl (C=O) groups excluding carboxylic acids is 3. The highest BCUT2D eigenvalue weighted by molar-refractivity contribution is 6.30. The number of Topliss-reactive ketones (excluding diaryl/α,β-unsaturated/α-hetero) is 1. The SMILES string of the molecule is CC(=O)c1cccc(N2CC(C(=O)NCCc3ccc(Cl)cc3)CC2=O)c1. The summed E-state index contributed by atoms with van der Waals surface area (Å²) in [6.45, 7) is 2.32. The maximum Gasteiger partial charge on any atom is 0.227 e. The lowest BCUT2D eigenvalue weighted by molar-refractivity contribution is -0.126. The number of rotatable bonds is 6. The Morgan fingerprint density at radius 3 is 2.63 bits per heavy atom. The molecule has 1 N–H and O–H groups in total. The van der Waals surface area contributed by atoms with Crippen molar-refractivity contribution in [1.82, 2.24) is 5.32 Å². The summed E-state index contributed by atoms with van der Waals surface area (Å²) >= 11 is 5.86. The van der Waals surface area contributed by atoms with Crippen LogP contribution in [0.5, 0.6) is 0 Å². The van der Waals surface area contributed by atoms with E-state index in [9.17, 15) is 14.4 Å². The number of hydrogen-bond donors (Lipinski definition) is 1. The van der Waals surface area contributed by atoms with E-state index in [-0.39, 0.29) is 29.9 Å². The van der Waals surface area contributed by atoms with Crippen LogP contribution in [0, 0.1) is 5.92 Å². The van der Waals surface area contributed by atoms with E-state index in [2.05, 4.69) is 5.32 Å². The largest absolute Gasteiger partial charge is 0.355 e. The van der Waals surface area contributed by atoms with Gasteiger partial charge in [-0.05, 0) is 43.2 Å². The van der Waals surface area contributed by atoms with Crippen LogP contribution >= 0.6 is 11.6 Å². The Hall–Kier alpha value is -2.66. The lowest BCUT2D eigenvalue weighted by Gasteiger charge is -2.17. The summed E-state index contributed by atoms with van der Waals surface area (Å²) in [6, 6.07) is 14.4. The molecule has 1 atom stereocenters. The van der Waals surface area contributed by atoms with Gasteiger partial charge in [0.1, 0.15) is 0 Å². The minimum atomic E-state index is -0.385. The number of halogens is 1. The minimum Gasteiger partial charge on any atom is -0.355 e. The first-order valence-corrected chi connectivity index (χ1v) is 9.25. The van der Waals surface area contributed by atoms with Crippen LogP contribution in [0.2, 0.25) is 5.02 Å². The topological polar surface area (TPSA) is 66.5 Å². The summed E-state index contributed by atoms with van der Waals surface area (Å²) < 4.78 is 0. The van der Waals surface area contributed by atoms with Gasteiger partial charge < -0.3 is 10.2 Å². The molecule has 0 saturated carbocycles. The number of carbonyl (C=O) groups is 3. The van der Waals surface area contributed by atoms with Crippen molar-refractivity contribution in [2.75, 3.05) is 18.0 Å². The van der Waals surface area contributed by atoms with Gasteiger partial charge in [0.05, 0.1) is 5.92 Å². The molecule has 3 rings (SSSR count). The third kappa shape index (κ3) is 4.74. The third-order valence-electron chi connectivity index (χ3n) is 4.69. The summed E-state index contributed by atoms with van der Waals surface area (Å²) in [6.07, 6.45) is 0.880. The zero-order valence-electron chi connectivity index (χ0n) is 15.1. The fourth-order valence-electron chi connectivity index (χ4n) is 3.15. The first kappa shape index (κ1) is 19.1. The van der Waals surface area contributed by atoms with Crippen LogP contribution in [0.25, 0.3) is 0 Å². The Balaban J connectivity index is 1.56. The maximum absolute atomic E-state index is 12.4. The molecule has 2 amide bonds. The Kier molecular flexibility index (Phi) is 5.91. The highest BCUT2D eigenvalue weighted by atomic mass is 35.5. The van der Waals surface area contributed by atoms with Gasteiger partial charge in [-0.3, -0.25) is 14.4 Å². The average Bonchev–Trinajstić information content (AvgIpc) is 3.05. The second kappa shape index (κ2) is 8.35. The molecule has 0 radical (unpaired) electrons. The molecular formula is C21H21ClN2O3. The number of benzene rings is 2. The number of amides is 2. The molecule has 5 nitrogen and oxygen atoms in total. The van der Waals surface area contributed by atoms with Gasteiger partial charge in [-0.1, -0.05) is 35.9 Å². The van der Waals surface area contributed by atoms with Crippen molar-refractivity contribution in [2.45, 2.75) is 19.8 Å². The average molecular weight is 385 g/mol. The van der Waals surface area contributed by atoms with E-state index in [1.807, 2.05) is 24.3 Å². The smallest absolute Gasteiger partial charge is 0.227 e. The Morgan fingerprint density at radius 2 is 1.93 bits per heavy atom. The van der Waals surface area contributed by atoms with Gasteiger partial charge in [0.2, 0.25) is 11.8 Å². The number of hydrogen-bond acceptors (Lipinski definition) is 3. The van der Waals surface area contributed by atoms with Crippen LogP contribution in [-0.2, 0) is 16.0 Å². The molecule has 1 unspecified atom stereocenters. The van der Waals surface area contributed by atoms with E-state index in [1.54, 1.807) is 29.2 Å².